The predicted octanol–water partition coefficient (Wildman–Crippen LogP) is 4.66. The summed E-state index contributed by atoms with van der Waals surface area (Å²) in [5.74, 6) is -0.843. The van der Waals surface area contributed by atoms with E-state index in [1.807, 2.05) is 0 Å². The highest BCUT2D eigenvalue weighted by molar-refractivity contribution is 5.92. The number of rotatable bonds is 8. The lowest BCUT2D eigenvalue weighted by Gasteiger charge is -2.20. The first-order valence-corrected chi connectivity index (χ1v) is 7.86. The van der Waals surface area contributed by atoms with Crippen molar-refractivity contribution in [1.29, 1.82) is 0 Å². The first kappa shape index (κ1) is 19.3. The van der Waals surface area contributed by atoms with Crippen LogP contribution in [0.4, 0.5) is 13.2 Å². The maximum atomic E-state index is 13.8. The van der Waals surface area contributed by atoms with E-state index in [4.69, 9.17) is 0 Å². The van der Waals surface area contributed by atoms with Gasteiger partial charge in [-0.05, 0) is 18.2 Å². The molecular weight excluding hydrogens is 343 g/mol. The lowest BCUT2D eigenvalue weighted by Crippen LogP contribution is -2.29. The van der Waals surface area contributed by atoms with Gasteiger partial charge in [0.05, 0.1) is 0 Å². The van der Waals surface area contributed by atoms with Crippen molar-refractivity contribution in [2.75, 3.05) is 6.54 Å². The average molecular weight is 361 g/mol. The quantitative estimate of drug-likeness (QED) is 0.506. The largest absolute Gasteiger partial charge is 0.434 e. The van der Waals surface area contributed by atoms with Crippen LogP contribution in [0, 0.1) is 5.82 Å². The van der Waals surface area contributed by atoms with Gasteiger partial charge in [-0.3, -0.25) is 4.79 Å². The molecule has 26 heavy (non-hydrogen) atoms. The number of halogens is 3. The minimum atomic E-state index is -2.96. The fourth-order valence-electron chi connectivity index (χ4n) is 2.31. The highest BCUT2D eigenvalue weighted by Gasteiger charge is 2.13. The fraction of sp³-hybridized carbons (Fsp3) is 0.150. The molecule has 0 radical (unpaired) electrons. The molecule has 0 aliphatic rings. The van der Waals surface area contributed by atoms with Crippen LogP contribution >= 0.6 is 0 Å². The molecule has 0 aliphatic heterocycles. The van der Waals surface area contributed by atoms with Gasteiger partial charge < -0.3 is 9.64 Å². The van der Waals surface area contributed by atoms with Crippen LogP contribution < -0.4 is 4.74 Å². The lowest BCUT2D eigenvalue weighted by molar-refractivity contribution is -0.126. The Morgan fingerprint density at radius 2 is 1.85 bits per heavy atom. The molecule has 0 aliphatic carbocycles. The number of hydrogen-bond acceptors (Lipinski definition) is 2. The molecule has 0 fully saturated rings. The molecule has 0 spiro atoms. The Kier molecular flexibility index (Phi) is 7.02. The van der Waals surface area contributed by atoms with E-state index in [2.05, 4.69) is 11.3 Å². The number of nitrogens with zero attached hydrogens (tertiary/aromatic N) is 1. The maximum absolute atomic E-state index is 13.8. The molecule has 0 unspecified atom stereocenters. The highest BCUT2D eigenvalue weighted by atomic mass is 19.3. The van der Waals surface area contributed by atoms with Crippen LogP contribution in [0.2, 0.25) is 0 Å². The second-order valence-electron chi connectivity index (χ2n) is 5.35. The zero-order chi connectivity index (χ0) is 18.9. The molecule has 1 amide bonds. The summed E-state index contributed by atoms with van der Waals surface area (Å²) in [6.45, 7) is 0.919. The topological polar surface area (TPSA) is 29.5 Å². The Hall–Kier alpha value is -3.02. The maximum Gasteiger partial charge on any atom is 0.387 e. The molecule has 0 saturated heterocycles. The van der Waals surface area contributed by atoms with E-state index in [-0.39, 0.29) is 18.8 Å². The number of alkyl halides is 2. The summed E-state index contributed by atoms with van der Waals surface area (Å²) in [6, 6.07) is 12.3. The summed E-state index contributed by atoms with van der Waals surface area (Å²) in [5.41, 5.74) is 0.711. The van der Waals surface area contributed by atoms with Crippen molar-refractivity contribution in [2.45, 2.75) is 13.2 Å². The van der Waals surface area contributed by atoms with Crippen LogP contribution in [0.5, 0.6) is 5.75 Å². The van der Waals surface area contributed by atoms with Crippen LogP contribution in [-0.4, -0.2) is 24.0 Å². The fourth-order valence-corrected chi connectivity index (χ4v) is 2.31. The van der Waals surface area contributed by atoms with E-state index in [0.717, 1.165) is 0 Å². The third-order valence-electron chi connectivity index (χ3n) is 3.52. The molecule has 3 nitrogen and oxygen atoms in total. The van der Waals surface area contributed by atoms with E-state index >= 15 is 0 Å². The second kappa shape index (κ2) is 9.46. The van der Waals surface area contributed by atoms with Crippen LogP contribution in [0.3, 0.4) is 0 Å². The van der Waals surface area contributed by atoms with E-state index in [1.165, 1.54) is 35.3 Å². The Balaban J connectivity index is 2.16. The molecule has 0 saturated carbocycles. The van der Waals surface area contributed by atoms with Crippen LogP contribution in [-0.2, 0) is 11.3 Å². The van der Waals surface area contributed by atoms with E-state index in [0.29, 0.717) is 11.1 Å². The lowest BCUT2D eigenvalue weighted by atomic mass is 10.1. The van der Waals surface area contributed by atoms with Crippen molar-refractivity contribution >= 4 is 12.0 Å². The minimum Gasteiger partial charge on any atom is -0.434 e. The second-order valence-corrected chi connectivity index (χ2v) is 5.35. The van der Waals surface area contributed by atoms with Gasteiger partial charge in [0, 0.05) is 30.3 Å². The first-order valence-electron chi connectivity index (χ1n) is 7.86. The van der Waals surface area contributed by atoms with Crippen molar-refractivity contribution in [1.82, 2.24) is 4.90 Å². The summed E-state index contributed by atoms with van der Waals surface area (Å²) >= 11 is 0. The van der Waals surface area contributed by atoms with Crippen LogP contribution in [0.25, 0.3) is 6.08 Å². The number of ether oxygens (including phenoxy) is 1. The smallest absolute Gasteiger partial charge is 0.387 e. The zero-order valence-electron chi connectivity index (χ0n) is 13.9. The number of amides is 1. The number of carbonyl (C=O) groups excluding carboxylic acids is 1. The molecule has 0 atom stereocenters. The SMILES string of the molecule is C=CCN(Cc1ccccc1F)C(=O)/C=C/c1ccccc1OC(F)F. The van der Waals surface area contributed by atoms with Gasteiger partial charge in [0.15, 0.2) is 0 Å². The van der Waals surface area contributed by atoms with Crippen molar-refractivity contribution < 1.29 is 22.7 Å². The van der Waals surface area contributed by atoms with E-state index < -0.39 is 18.3 Å². The van der Waals surface area contributed by atoms with Gasteiger partial charge in [-0.25, -0.2) is 4.39 Å². The Morgan fingerprint density at radius 1 is 1.15 bits per heavy atom. The van der Waals surface area contributed by atoms with Gasteiger partial charge in [-0.1, -0.05) is 42.5 Å². The molecule has 0 aromatic heterocycles. The molecule has 136 valence electrons. The monoisotopic (exact) mass is 361 g/mol. The van der Waals surface area contributed by atoms with Gasteiger partial charge in [-0.2, -0.15) is 8.78 Å². The number of hydrogen-bond donors (Lipinski definition) is 0. The number of carbonyl (C=O) groups is 1. The molecule has 2 aromatic rings. The van der Waals surface area contributed by atoms with Gasteiger partial charge in [0.2, 0.25) is 5.91 Å². The van der Waals surface area contributed by atoms with Gasteiger partial charge in [0.25, 0.3) is 0 Å². The molecule has 0 bridgehead atoms. The van der Waals surface area contributed by atoms with Crippen molar-refractivity contribution in [3.8, 4) is 5.75 Å². The molecule has 2 rings (SSSR count). The van der Waals surface area contributed by atoms with Crippen molar-refractivity contribution in [3.63, 3.8) is 0 Å². The molecule has 2 aromatic carbocycles. The summed E-state index contributed by atoms with van der Waals surface area (Å²) in [7, 11) is 0. The van der Waals surface area contributed by atoms with Gasteiger partial charge in [0.1, 0.15) is 11.6 Å². The first-order chi connectivity index (χ1) is 12.5. The van der Waals surface area contributed by atoms with Crippen molar-refractivity contribution in [3.05, 3.63) is 84.2 Å². The average Bonchev–Trinajstić information content (AvgIpc) is 2.61. The Morgan fingerprint density at radius 3 is 2.54 bits per heavy atom. The molecule has 0 heterocycles. The standard InChI is InChI=1S/C20H18F3NO2/c1-2-13-24(14-16-8-3-5-9-17(16)21)19(25)12-11-15-7-4-6-10-18(15)26-20(22)23/h2-12,20H,1,13-14H2/b12-11+. The van der Waals surface area contributed by atoms with Crippen molar-refractivity contribution in [2.24, 2.45) is 0 Å². The normalized spacial score (nSPS) is 10.9. The highest BCUT2D eigenvalue weighted by Crippen LogP contribution is 2.21. The summed E-state index contributed by atoms with van der Waals surface area (Å²) in [4.78, 5) is 13.8. The van der Waals surface area contributed by atoms with E-state index in [9.17, 15) is 18.0 Å². The summed E-state index contributed by atoms with van der Waals surface area (Å²) in [5, 5.41) is 0. The molecular formula is C20H18F3NO2. The zero-order valence-corrected chi connectivity index (χ0v) is 13.9. The summed E-state index contributed by atoms with van der Waals surface area (Å²) in [6.07, 6.45) is 4.15. The van der Waals surface area contributed by atoms with Gasteiger partial charge >= 0.3 is 6.61 Å². The Bertz CT molecular complexity index is 790. The van der Waals surface area contributed by atoms with E-state index in [1.54, 1.807) is 36.4 Å². The van der Waals surface area contributed by atoms with Gasteiger partial charge in [-0.15, -0.1) is 6.58 Å². The van der Waals surface area contributed by atoms with Crippen LogP contribution in [0.15, 0.2) is 67.3 Å². The third kappa shape index (κ3) is 5.51. The molecule has 0 N–H and O–H groups in total. The predicted molar refractivity (Wildman–Crippen MR) is 94.1 cm³/mol. The molecule has 6 heteroatoms. The third-order valence-corrected chi connectivity index (χ3v) is 3.52. The van der Waals surface area contributed by atoms with Crippen LogP contribution in [0.1, 0.15) is 11.1 Å². The number of benzene rings is 2. The Labute approximate surface area is 150 Å². The number of para-hydroxylation sites is 1. The minimum absolute atomic E-state index is 0.0316. The summed E-state index contributed by atoms with van der Waals surface area (Å²) < 4.78 is 43.1.